The Morgan fingerprint density at radius 1 is 1.25 bits per heavy atom. The molecule has 0 heterocycles. The molecule has 0 aromatic heterocycles. The van der Waals surface area contributed by atoms with E-state index in [2.05, 4.69) is 31.2 Å². The monoisotopic (exact) mass is 216 g/mol. The highest BCUT2D eigenvalue weighted by Gasteiger charge is 2.45. The largest absolute Gasteiger partial charge is 0.393 e. The zero-order valence-electron chi connectivity index (χ0n) is 9.95. The summed E-state index contributed by atoms with van der Waals surface area (Å²) < 4.78 is 0. The third-order valence-electron chi connectivity index (χ3n) is 4.84. The average molecular weight is 216 g/mol. The Bertz CT molecular complexity index is 398. The van der Waals surface area contributed by atoms with Crippen LogP contribution in [0.4, 0.5) is 0 Å². The fourth-order valence-corrected chi connectivity index (χ4v) is 3.94. The van der Waals surface area contributed by atoms with Crippen molar-refractivity contribution in [1.82, 2.24) is 0 Å². The van der Waals surface area contributed by atoms with Crippen LogP contribution < -0.4 is 0 Å². The summed E-state index contributed by atoms with van der Waals surface area (Å²) in [7, 11) is 0. The zero-order chi connectivity index (χ0) is 11.2. The zero-order valence-corrected chi connectivity index (χ0v) is 9.95. The van der Waals surface area contributed by atoms with E-state index < -0.39 is 0 Å². The molecule has 3 rings (SSSR count). The van der Waals surface area contributed by atoms with Crippen molar-refractivity contribution < 1.29 is 5.11 Å². The summed E-state index contributed by atoms with van der Waals surface area (Å²) >= 11 is 0. The second kappa shape index (κ2) is 3.59. The van der Waals surface area contributed by atoms with Crippen LogP contribution in [-0.4, -0.2) is 11.2 Å². The third-order valence-corrected chi connectivity index (χ3v) is 4.84. The molecule has 1 heteroatoms. The molecule has 0 amide bonds. The van der Waals surface area contributed by atoms with Gasteiger partial charge in [0.05, 0.1) is 6.10 Å². The fourth-order valence-electron chi connectivity index (χ4n) is 3.94. The second-order valence-electron chi connectivity index (χ2n) is 5.68. The molecule has 1 aromatic carbocycles. The lowest BCUT2D eigenvalue weighted by atomic mass is 9.57. The molecule has 1 saturated carbocycles. The number of rotatable bonds is 0. The lowest BCUT2D eigenvalue weighted by Crippen LogP contribution is -2.46. The van der Waals surface area contributed by atoms with E-state index in [0.717, 1.165) is 19.3 Å². The first-order chi connectivity index (χ1) is 7.72. The van der Waals surface area contributed by atoms with E-state index in [1.807, 2.05) is 0 Å². The molecule has 0 unspecified atom stereocenters. The standard InChI is InChI=1S/C15H20O/c1-15-10-4-7-14(16)13(15)9-8-11-5-2-3-6-12(11)15/h2-3,5-6,13-14,16H,4,7-10H2,1H3/t13-,14+,15+/m0/s1. The van der Waals surface area contributed by atoms with E-state index >= 15 is 0 Å². The maximum atomic E-state index is 10.2. The van der Waals surface area contributed by atoms with E-state index in [0.29, 0.717) is 5.92 Å². The smallest absolute Gasteiger partial charge is 0.0576 e. The van der Waals surface area contributed by atoms with Gasteiger partial charge in [0.15, 0.2) is 0 Å². The molecule has 0 bridgehead atoms. The van der Waals surface area contributed by atoms with E-state index in [9.17, 15) is 5.11 Å². The molecule has 2 aliphatic carbocycles. The maximum Gasteiger partial charge on any atom is 0.0576 e. The van der Waals surface area contributed by atoms with Gasteiger partial charge in [-0.15, -0.1) is 0 Å². The van der Waals surface area contributed by atoms with Crippen molar-refractivity contribution in [3.05, 3.63) is 35.4 Å². The SMILES string of the molecule is C[C@]12CCC[C@@H](O)[C@@H]1CCc1ccccc12. The van der Waals surface area contributed by atoms with E-state index in [4.69, 9.17) is 0 Å². The summed E-state index contributed by atoms with van der Waals surface area (Å²) in [5.41, 5.74) is 3.24. The summed E-state index contributed by atoms with van der Waals surface area (Å²) in [6.45, 7) is 2.36. The number of hydrogen-bond donors (Lipinski definition) is 1. The van der Waals surface area contributed by atoms with Crippen molar-refractivity contribution >= 4 is 0 Å². The van der Waals surface area contributed by atoms with E-state index in [1.54, 1.807) is 0 Å². The van der Waals surface area contributed by atoms with Gasteiger partial charge in [0.1, 0.15) is 0 Å². The number of aliphatic hydroxyl groups is 1. The molecule has 1 aromatic rings. The topological polar surface area (TPSA) is 20.2 Å². The third kappa shape index (κ3) is 1.34. The molecular formula is C15H20O. The van der Waals surface area contributed by atoms with Crippen molar-refractivity contribution in [3.8, 4) is 0 Å². The number of aliphatic hydroxyl groups excluding tert-OH is 1. The van der Waals surface area contributed by atoms with Gasteiger partial charge in [-0.25, -0.2) is 0 Å². The van der Waals surface area contributed by atoms with Crippen LogP contribution >= 0.6 is 0 Å². The summed E-state index contributed by atoms with van der Waals surface area (Å²) in [6, 6.07) is 8.83. The lowest BCUT2D eigenvalue weighted by Gasteiger charge is -2.48. The Kier molecular flexibility index (Phi) is 2.32. The van der Waals surface area contributed by atoms with Gasteiger partial charge in [-0.05, 0) is 54.6 Å². The van der Waals surface area contributed by atoms with E-state index in [1.165, 1.54) is 24.0 Å². The molecule has 1 N–H and O–H groups in total. The highest BCUT2D eigenvalue weighted by atomic mass is 16.3. The van der Waals surface area contributed by atoms with Gasteiger partial charge in [-0.1, -0.05) is 31.2 Å². The molecule has 0 radical (unpaired) electrons. The molecule has 86 valence electrons. The quantitative estimate of drug-likeness (QED) is 0.706. The maximum absolute atomic E-state index is 10.2. The Labute approximate surface area is 97.5 Å². The molecule has 2 aliphatic rings. The van der Waals surface area contributed by atoms with Crippen LogP contribution in [0.15, 0.2) is 24.3 Å². The molecule has 0 spiro atoms. The van der Waals surface area contributed by atoms with Crippen molar-refractivity contribution in [3.63, 3.8) is 0 Å². The lowest BCUT2D eigenvalue weighted by molar-refractivity contribution is 0.0103. The normalized spacial score (nSPS) is 37.6. The molecule has 16 heavy (non-hydrogen) atoms. The molecule has 0 saturated heterocycles. The number of aryl methyl sites for hydroxylation is 1. The van der Waals surface area contributed by atoms with Crippen LogP contribution in [0.3, 0.4) is 0 Å². The van der Waals surface area contributed by atoms with Crippen molar-refractivity contribution in [2.75, 3.05) is 0 Å². The Morgan fingerprint density at radius 3 is 2.94 bits per heavy atom. The summed E-state index contributed by atoms with van der Waals surface area (Å²) in [5.74, 6) is 0.483. The summed E-state index contributed by atoms with van der Waals surface area (Å²) in [6.07, 6.45) is 5.64. The average Bonchev–Trinajstić information content (AvgIpc) is 2.29. The fraction of sp³-hybridized carbons (Fsp3) is 0.600. The first kappa shape index (κ1) is 10.3. The Hall–Kier alpha value is -0.820. The van der Waals surface area contributed by atoms with Gasteiger partial charge in [0.2, 0.25) is 0 Å². The van der Waals surface area contributed by atoms with Gasteiger partial charge in [-0.2, -0.15) is 0 Å². The second-order valence-corrected chi connectivity index (χ2v) is 5.68. The molecule has 1 nitrogen and oxygen atoms in total. The minimum atomic E-state index is -0.0768. The predicted octanol–water partition coefficient (Wildman–Crippen LogP) is 3.05. The number of fused-ring (bicyclic) bond motifs is 3. The molecule has 0 aliphatic heterocycles. The van der Waals surface area contributed by atoms with Gasteiger partial charge in [0.25, 0.3) is 0 Å². The number of benzene rings is 1. The van der Waals surface area contributed by atoms with Crippen LogP contribution in [0.25, 0.3) is 0 Å². The molecule has 1 fully saturated rings. The van der Waals surface area contributed by atoms with Gasteiger partial charge in [0, 0.05) is 0 Å². The predicted molar refractivity (Wildman–Crippen MR) is 65.5 cm³/mol. The van der Waals surface area contributed by atoms with Crippen molar-refractivity contribution in [1.29, 1.82) is 0 Å². The van der Waals surface area contributed by atoms with Crippen LogP contribution in [-0.2, 0) is 11.8 Å². The van der Waals surface area contributed by atoms with Crippen molar-refractivity contribution in [2.24, 2.45) is 5.92 Å². The van der Waals surface area contributed by atoms with E-state index in [-0.39, 0.29) is 11.5 Å². The van der Waals surface area contributed by atoms with Crippen LogP contribution in [0.5, 0.6) is 0 Å². The van der Waals surface area contributed by atoms with Crippen LogP contribution in [0.2, 0.25) is 0 Å². The first-order valence-corrected chi connectivity index (χ1v) is 6.48. The Balaban J connectivity index is 2.09. The molecular weight excluding hydrogens is 196 g/mol. The minimum absolute atomic E-state index is 0.0768. The highest BCUT2D eigenvalue weighted by molar-refractivity contribution is 5.38. The highest BCUT2D eigenvalue weighted by Crippen LogP contribution is 2.49. The van der Waals surface area contributed by atoms with Crippen molar-refractivity contribution in [2.45, 2.75) is 50.5 Å². The van der Waals surface area contributed by atoms with Crippen LogP contribution in [0.1, 0.15) is 43.7 Å². The van der Waals surface area contributed by atoms with Gasteiger partial charge < -0.3 is 5.11 Å². The summed E-state index contributed by atoms with van der Waals surface area (Å²) in [4.78, 5) is 0. The van der Waals surface area contributed by atoms with Crippen LogP contribution in [0, 0.1) is 5.92 Å². The minimum Gasteiger partial charge on any atom is -0.393 e. The summed E-state index contributed by atoms with van der Waals surface area (Å²) in [5, 5.41) is 10.2. The Morgan fingerprint density at radius 2 is 2.06 bits per heavy atom. The molecule has 3 atom stereocenters. The number of hydrogen-bond acceptors (Lipinski definition) is 1. The first-order valence-electron chi connectivity index (χ1n) is 6.48. The van der Waals surface area contributed by atoms with Gasteiger partial charge >= 0.3 is 0 Å². The van der Waals surface area contributed by atoms with Gasteiger partial charge in [-0.3, -0.25) is 0 Å².